The van der Waals surface area contributed by atoms with Gasteiger partial charge in [-0.25, -0.2) is 4.39 Å². The van der Waals surface area contributed by atoms with E-state index in [0.717, 1.165) is 13.0 Å². The molecule has 6 heteroatoms. The maximum atomic E-state index is 12.9. The van der Waals surface area contributed by atoms with Crippen molar-refractivity contribution in [3.05, 3.63) is 24.1 Å². The molecule has 1 heterocycles. The molecule has 1 fully saturated rings. The highest BCUT2D eigenvalue weighted by atomic mass is 19.1. The van der Waals surface area contributed by atoms with E-state index in [2.05, 4.69) is 17.2 Å². The molecular weight excluding hydrogens is 275 g/mol. The van der Waals surface area contributed by atoms with Gasteiger partial charge in [0, 0.05) is 6.42 Å². The fourth-order valence-corrected chi connectivity index (χ4v) is 1.46. The summed E-state index contributed by atoms with van der Waals surface area (Å²) in [6.45, 7) is 12.4. The van der Waals surface area contributed by atoms with Crippen LogP contribution in [0.1, 0.15) is 47.5 Å². The molecule has 1 saturated heterocycles. The lowest BCUT2D eigenvalue weighted by Crippen LogP contribution is -2.52. The molecule has 1 atom stereocenters. The monoisotopic (exact) mass is 300 g/mol. The van der Waals surface area contributed by atoms with Crippen LogP contribution < -0.4 is 10.6 Å². The van der Waals surface area contributed by atoms with Crippen molar-refractivity contribution in [1.82, 2.24) is 10.6 Å². The third-order valence-corrected chi connectivity index (χ3v) is 2.36. The Kier molecular flexibility index (Phi) is 12.0. The van der Waals surface area contributed by atoms with Gasteiger partial charge >= 0.3 is 0 Å². The molecule has 120 valence electrons. The van der Waals surface area contributed by atoms with E-state index in [1.54, 1.807) is 0 Å². The number of imide groups is 1. The van der Waals surface area contributed by atoms with Gasteiger partial charge in [0.2, 0.25) is 11.8 Å². The number of halogens is 1. The van der Waals surface area contributed by atoms with Crippen LogP contribution in [0.15, 0.2) is 24.1 Å². The fraction of sp³-hybridized carbons (Fsp3) is 0.533. The molecule has 0 aromatic carbocycles. The average molecular weight is 300 g/mol. The van der Waals surface area contributed by atoms with E-state index < -0.39 is 23.7 Å². The Labute approximate surface area is 125 Å². The number of nitrogens with one attached hydrogen (secondary N) is 2. The molecule has 0 spiro atoms. The molecule has 0 radical (unpaired) electrons. The number of allylic oxidation sites excluding steroid dienone is 1. The van der Waals surface area contributed by atoms with Gasteiger partial charge in [0.25, 0.3) is 5.91 Å². The van der Waals surface area contributed by atoms with Crippen molar-refractivity contribution < 1.29 is 18.8 Å². The van der Waals surface area contributed by atoms with Crippen LogP contribution in [0.2, 0.25) is 0 Å². The maximum absolute atomic E-state index is 12.9. The highest BCUT2D eigenvalue weighted by molar-refractivity contribution is 6.04. The zero-order valence-electron chi connectivity index (χ0n) is 13.4. The van der Waals surface area contributed by atoms with E-state index in [1.807, 2.05) is 27.7 Å². The van der Waals surface area contributed by atoms with Crippen molar-refractivity contribution in [3.63, 3.8) is 0 Å². The van der Waals surface area contributed by atoms with Gasteiger partial charge in [-0.15, -0.1) is 0 Å². The van der Waals surface area contributed by atoms with Crippen LogP contribution in [0, 0.1) is 0 Å². The average Bonchev–Trinajstić information content (AvgIpc) is 2.46. The summed E-state index contributed by atoms with van der Waals surface area (Å²) in [5.74, 6) is -2.34. The molecule has 5 nitrogen and oxygen atoms in total. The molecule has 0 aromatic rings. The minimum atomic E-state index is -0.811. The van der Waals surface area contributed by atoms with E-state index in [-0.39, 0.29) is 24.3 Å². The molecule has 1 unspecified atom stereocenters. The Morgan fingerprint density at radius 2 is 1.86 bits per heavy atom. The second-order valence-corrected chi connectivity index (χ2v) is 3.63. The predicted octanol–water partition coefficient (Wildman–Crippen LogP) is 2.39. The highest BCUT2D eigenvalue weighted by Gasteiger charge is 2.28. The first kappa shape index (κ1) is 21.3. The second-order valence-electron chi connectivity index (χ2n) is 3.63. The molecule has 1 aliphatic rings. The summed E-state index contributed by atoms with van der Waals surface area (Å²) in [5, 5.41) is 4.44. The summed E-state index contributed by atoms with van der Waals surface area (Å²) in [7, 11) is 0. The Morgan fingerprint density at radius 3 is 2.24 bits per heavy atom. The van der Waals surface area contributed by atoms with E-state index in [1.165, 1.54) is 0 Å². The van der Waals surface area contributed by atoms with Gasteiger partial charge in [-0.05, 0) is 13.3 Å². The van der Waals surface area contributed by atoms with Gasteiger partial charge in [0.15, 0.2) is 0 Å². The van der Waals surface area contributed by atoms with Crippen LogP contribution >= 0.6 is 0 Å². The number of carbonyl (C=O) groups is 3. The molecular formula is C15H25FN2O3. The van der Waals surface area contributed by atoms with Crippen LogP contribution in [0.25, 0.3) is 0 Å². The minimum absolute atomic E-state index is 0.151. The molecule has 21 heavy (non-hydrogen) atoms. The first-order chi connectivity index (χ1) is 9.95. The summed E-state index contributed by atoms with van der Waals surface area (Å²) in [6, 6.07) is -0.811. The van der Waals surface area contributed by atoms with E-state index in [4.69, 9.17) is 0 Å². The first-order valence-electron chi connectivity index (χ1n) is 7.09. The third-order valence-electron chi connectivity index (χ3n) is 2.36. The summed E-state index contributed by atoms with van der Waals surface area (Å²) < 4.78 is 12.9. The standard InChI is InChI=1S/C11H13FN2O3.2C2H6/c1-3-7(6(2)12)10(16)13-8-4-5-9(15)14-11(8)17;2*1-2/h3,8H,1,4-5H2,2H3,(H,13,16)(H,14,15,17);2*1-2H3/b7-6-;;. The molecule has 1 rings (SSSR count). The normalized spacial score (nSPS) is 17.9. The van der Waals surface area contributed by atoms with E-state index in [9.17, 15) is 18.8 Å². The number of carbonyl (C=O) groups excluding carboxylic acids is 3. The molecule has 0 aromatic heterocycles. The van der Waals surface area contributed by atoms with Crippen LogP contribution in [0.3, 0.4) is 0 Å². The number of rotatable bonds is 3. The van der Waals surface area contributed by atoms with E-state index in [0.29, 0.717) is 0 Å². The SMILES string of the molecule is C=C/C(C(=O)NC1CCC(=O)NC1=O)=C(\C)F.CC.CC. The first-order valence-corrected chi connectivity index (χ1v) is 7.09. The Balaban J connectivity index is 0. The Bertz CT molecular complexity index is 413. The number of hydrogen-bond acceptors (Lipinski definition) is 3. The number of hydrogen-bond donors (Lipinski definition) is 2. The van der Waals surface area contributed by atoms with Gasteiger partial charge in [-0.3, -0.25) is 19.7 Å². The smallest absolute Gasteiger partial charge is 0.254 e. The number of amides is 3. The topological polar surface area (TPSA) is 75.3 Å². The summed E-state index contributed by atoms with van der Waals surface area (Å²) in [6.07, 6.45) is 1.45. The largest absolute Gasteiger partial charge is 0.340 e. The Morgan fingerprint density at radius 1 is 1.33 bits per heavy atom. The van der Waals surface area contributed by atoms with Crippen LogP contribution in [0.5, 0.6) is 0 Å². The summed E-state index contributed by atoms with van der Waals surface area (Å²) >= 11 is 0. The van der Waals surface area contributed by atoms with Crippen molar-refractivity contribution in [1.29, 1.82) is 0 Å². The van der Waals surface area contributed by atoms with Crippen LogP contribution in [0.4, 0.5) is 4.39 Å². The van der Waals surface area contributed by atoms with Crippen molar-refractivity contribution in [3.8, 4) is 0 Å². The molecule has 0 saturated carbocycles. The third kappa shape index (κ3) is 7.39. The van der Waals surface area contributed by atoms with Gasteiger partial charge in [0.05, 0.1) is 5.57 Å². The fourth-order valence-electron chi connectivity index (χ4n) is 1.46. The zero-order chi connectivity index (χ0) is 17.0. The lowest BCUT2D eigenvalue weighted by atomic mass is 10.1. The van der Waals surface area contributed by atoms with Crippen LogP contribution in [-0.4, -0.2) is 23.8 Å². The molecule has 3 amide bonds. The van der Waals surface area contributed by atoms with Crippen molar-refractivity contribution in [2.75, 3.05) is 0 Å². The molecule has 0 bridgehead atoms. The van der Waals surface area contributed by atoms with Gasteiger partial charge in [-0.2, -0.15) is 0 Å². The number of piperidine rings is 1. The maximum Gasteiger partial charge on any atom is 0.254 e. The summed E-state index contributed by atoms with van der Waals surface area (Å²) in [5.41, 5.74) is -0.213. The minimum Gasteiger partial charge on any atom is -0.340 e. The van der Waals surface area contributed by atoms with Gasteiger partial charge < -0.3 is 5.32 Å². The zero-order valence-corrected chi connectivity index (χ0v) is 13.4. The van der Waals surface area contributed by atoms with Crippen LogP contribution in [-0.2, 0) is 14.4 Å². The second kappa shape index (κ2) is 11.8. The molecule has 2 N–H and O–H groups in total. The van der Waals surface area contributed by atoms with Gasteiger partial charge in [-0.1, -0.05) is 40.3 Å². The van der Waals surface area contributed by atoms with E-state index >= 15 is 0 Å². The predicted molar refractivity (Wildman–Crippen MR) is 81.0 cm³/mol. The Hall–Kier alpha value is -1.98. The van der Waals surface area contributed by atoms with Crippen molar-refractivity contribution in [2.24, 2.45) is 0 Å². The quantitative estimate of drug-likeness (QED) is 0.477. The van der Waals surface area contributed by atoms with Crippen molar-refractivity contribution >= 4 is 17.7 Å². The molecule has 0 aliphatic carbocycles. The highest BCUT2D eigenvalue weighted by Crippen LogP contribution is 2.09. The van der Waals surface area contributed by atoms with Gasteiger partial charge in [0.1, 0.15) is 11.9 Å². The lowest BCUT2D eigenvalue weighted by molar-refractivity contribution is -0.136. The lowest BCUT2D eigenvalue weighted by Gasteiger charge is -2.21. The van der Waals surface area contributed by atoms with Crippen molar-refractivity contribution in [2.45, 2.75) is 53.5 Å². The summed E-state index contributed by atoms with van der Waals surface area (Å²) in [4.78, 5) is 33.8. The molecule has 1 aliphatic heterocycles.